The van der Waals surface area contributed by atoms with E-state index in [2.05, 4.69) is 20.7 Å². The van der Waals surface area contributed by atoms with Gasteiger partial charge < -0.3 is 20.1 Å². The SMILES string of the molecule is CCOc1ccccc1NC(=O)C1=C(C)Nc2ncnn2C1c1ccc(OCc2ccc(Cl)cc2)cc1. The molecule has 1 aliphatic rings. The van der Waals surface area contributed by atoms with E-state index >= 15 is 0 Å². The van der Waals surface area contributed by atoms with Crippen LogP contribution in [-0.4, -0.2) is 27.3 Å². The Morgan fingerprint density at radius 2 is 1.81 bits per heavy atom. The maximum Gasteiger partial charge on any atom is 0.255 e. The molecule has 8 nitrogen and oxygen atoms in total. The Bertz CT molecular complexity index is 1430. The lowest BCUT2D eigenvalue weighted by Crippen LogP contribution is -2.31. The van der Waals surface area contributed by atoms with E-state index in [0.29, 0.717) is 52.6 Å². The van der Waals surface area contributed by atoms with Crippen molar-refractivity contribution in [2.45, 2.75) is 26.5 Å². The summed E-state index contributed by atoms with van der Waals surface area (Å²) in [6.07, 6.45) is 1.47. The highest BCUT2D eigenvalue weighted by molar-refractivity contribution is 6.30. The van der Waals surface area contributed by atoms with Gasteiger partial charge in [-0.3, -0.25) is 4.79 Å². The summed E-state index contributed by atoms with van der Waals surface area (Å²) in [5, 5.41) is 11.3. The average Bonchev–Trinajstić information content (AvgIpc) is 3.37. The molecule has 37 heavy (non-hydrogen) atoms. The third-order valence-corrected chi connectivity index (χ3v) is 6.24. The van der Waals surface area contributed by atoms with Gasteiger partial charge in [-0.1, -0.05) is 48.0 Å². The lowest BCUT2D eigenvalue weighted by molar-refractivity contribution is -0.113. The first-order valence-corrected chi connectivity index (χ1v) is 12.3. The van der Waals surface area contributed by atoms with Gasteiger partial charge in [0.2, 0.25) is 5.95 Å². The Morgan fingerprint density at radius 3 is 2.57 bits per heavy atom. The van der Waals surface area contributed by atoms with E-state index in [1.165, 1.54) is 6.33 Å². The maximum absolute atomic E-state index is 13.6. The van der Waals surface area contributed by atoms with E-state index in [1.54, 1.807) is 4.68 Å². The minimum atomic E-state index is -0.483. The molecule has 1 aliphatic heterocycles. The molecule has 9 heteroatoms. The number of hydrogen-bond acceptors (Lipinski definition) is 6. The van der Waals surface area contributed by atoms with Crippen LogP contribution in [-0.2, 0) is 11.4 Å². The predicted octanol–water partition coefficient (Wildman–Crippen LogP) is 5.84. The van der Waals surface area contributed by atoms with Gasteiger partial charge in [-0.05, 0) is 61.4 Å². The fourth-order valence-electron chi connectivity index (χ4n) is 4.23. The fourth-order valence-corrected chi connectivity index (χ4v) is 4.35. The molecular weight excluding hydrogens is 490 g/mol. The topological polar surface area (TPSA) is 90.3 Å². The smallest absolute Gasteiger partial charge is 0.255 e. The van der Waals surface area contributed by atoms with Crippen LogP contribution in [0.2, 0.25) is 5.02 Å². The lowest BCUT2D eigenvalue weighted by Gasteiger charge is -2.29. The second-order valence-electron chi connectivity index (χ2n) is 8.46. The van der Waals surface area contributed by atoms with E-state index in [4.69, 9.17) is 21.1 Å². The molecular formula is C28H26ClN5O3. The molecule has 1 aromatic heterocycles. The molecule has 1 unspecified atom stereocenters. The molecule has 0 radical (unpaired) electrons. The van der Waals surface area contributed by atoms with Gasteiger partial charge in [0, 0.05) is 10.7 Å². The molecule has 0 saturated heterocycles. The first-order valence-electron chi connectivity index (χ1n) is 11.9. The van der Waals surface area contributed by atoms with Crippen molar-refractivity contribution in [2.75, 3.05) is 17.2 Å². The van der Waals surface area contributed by atoms with Gasteiger partial charge in [0.15, 0.2) is 0 Å². The zero-order chi connectivity index (χ0) is 25.8. The molecule has 0 bridgehead atoms. The van der Waals surface area contributed by atoms with Crippen LogP contribution in [0.1, 0.15) is 31.0 Å². The van der Waals surface area contributed by atoms with Gasteiger partial charge in [-0.15, -0.1) is 0 Å². The van der Waals surface area contributed by atoms with Gasteiger partial charge in [-0.25, -0.2) is 4.68 Å². The second-order valence-corrected chi connectivity index (χ2v) is 8.90. The number of nitrogens with zero attached hydrogens (tertiary/aromatic N) is 3. The minimum Gasteiger partial charge on any atom is -0.492 e. The van der Waals surface area contributed by atoms with Crippen LogP contribution in [0.15, 0.2) is 90.4 Å². The summed E-state index contributed by atoms with van der Waals surface area (Å²) < 4.78 is 13.3. The number of para-hydroxylation sites is 2. The van der Waals surface area contributed by atoms with Crippen LogP contribution in [0.5, 0.6) is 11.5 Å². The summed E-state index contributed by atoms with van der Waals surface area (Å²) >= 11 is 5.96. The summed E-state index contributed by atoms with van der Waals surface area (Å²) in [5.74, 6) is 1.63. The number of hydrogen-bond donors (Lipinski definition) is 2. The van der Waals surface area contributed by atoms with Gasteiger partial charge >= 0.3 is 0 Å². The Morgan fingerprint density at radius 1 is 1.05 bits per heavy atom. The molecule has 2 N–H and O–H groups in total. The fraction of sp³-hybridized carbons (Fsp3) is 0.179. The Labute approximate surface area is 219 Å². The first-order chi connectivity index (χ1) is 18.0. The number of amides is 1. The number of nitrogens with one attached hydrogen (secondary N) is 2. The van der Waals surface area contributed by atoms with Gasteiger partial charge in [-0.2, -0.15) is 10.1 Å². The minimum absolute atomic E-state index is 0.258. The van der Waals surface area contributed by atoms with Crippen molar-refractivity contribution in [1.82, 2.24) is 14.8 Å². The number of carbonyl (C=O) groups excluding carboxylic acids is 1. The van der Waals surface area contributed by atoms with E-state index < -0.39 is 6.04 Å². The largest absolute Gasteiger partial charge is 0.492 e. The summed E-state index contributed by atoms with van der Waals surface area (Å²) in [7, 11) is 0. The summed E-state index contributed by atoms with van der Waals surface area (Å²) in [5.41, 5.74) is 3.71. The van der Waals surface area contributed by atoms with Crippen molar-refractivity contribution in [1.29, 1.82) is 0 Å². The number of anilines is 2. The second kappa shape index (κ2) is 10.8. The van der Waals surface area contributed by atoms with Crippen molar-refractivity contribution in [3.8, 4) is 11.5 Å². The monoisotopic (exact) mass is 515 g/mol. The number of allylic oxidation sites excluding steroid dienone is 1. The highest BCUT2D eigenvalue weighted by atomic mass is 35.5. The molecule has 1 atom stereocenters. The van der Waals surface area contributed by atoms with Gasteiger partial charge in [0.1, 0.15) is 30.5 Å². The molecule has 188 valence electrons. The standard InChI is InChI=1S/C28H26ClN5O3/c1-3-36-24-7-5-4-6-23(24)33-27(35)25-18(2)32-28-30-17-31-34(28)26(25)20-10-14-22(15-11-20)37-16-19-8-12-21(29)13-9-19/h4-15,17,26H,3,16H2,1-2H3,(H,33,35)(H,30,31,32). The van der Waals surface area contributed by atoms with Crippen LogP contribution in [0.25, 0.3) is 0 Å². The van der Waals surface area contributed by atoms with Crippen LogP contribution in [0.4, 0.5) is 11.6 Å². The zero-order valence-corrected chi connectivity index (χ0v) is 21.2. The van der Waals surface area contributed by atoms with Crippen molar-refractivity contribution in [3.63, 3.8) is 0 Å². The molecule has 4 aromatic rings. The number of benzene rings is 3. The molecule has 0 aliphatic carbocycles. The van der Waals surface area contributed by atoms with Crippen molar-refractivity contribution in [2.24, 2.45) is 0 Å². The van der Waals surface area contributed by atoms with E-state index in [9.17, 15) is 4.79 Å². The summed E-state index contributed by atoms with van der Waals surface area (Å²) in [6, 6.07) is 22.1. The lowest BCUT2D eigenvalue weighted by atomic mass is 9.95. The summed E-state index contributed by atoms with van der Waals surface area (Å²) in [6.45, 7) is 4.68. The molecule has 0 saturated carbocycles. The Balaban J connectivity index is 1.41. The number of rotatable bonds is 8. The third kappa shape index (κ3) is 5.29. The van der Waals surface area contributed by atoms with Crippen LogP contribution < -0.4 is 20.1 Å². The number of ether oxygens (including phenoxy) is 2. The molecule has 0 spiro atoms. The number of halogens is 1. The van der Waals surface area contributed by atoms with Crippen molar-refractivity contribution < 1.29 is 14.3 Å². The van der Waals surface area contributed by atoms with E-state index in [1.807, 2.05) is 86.6 Å². The molecule has 0 fully saturated rings. The molecule has 2 heterocycles. The van der Waals surface area contributed by atoms with Gasteiger partial charge in [0.05, 0.1) is 17.9 Å². The molecule has 1 amide bonds. The van der Waals surface area contributed by atoms with E-state index in [0.717, 1.165) is 11.1 Å². The van der Waals surface area contributed by atoms with Gasteiger partial charge in [0.25, 0.3) is 5.91 Å². The van der Waals surface area contributed by atoms with Crippen molar-refractivity contribution >= 4 is 29.1 Å². The maximum atomic E-state index is 13.6. The predicted molar refractivity (Wildman–Crippen MR) is 143 cm³/mol. The van der Waals surface area contributed by atoms with Crippen LogP contribution >= 0.6 is 11.6 Å². The van der Waals surface area contributed by atoms with E-state index in [-0.39, 0.29) is 5.91 Å². The van der Waals surface area contributed by atoms with Crippen LogP contribution in [0, 0.1) is 0 Å². The third-order valence-electron chi connectivity index (χ3n) is 5.99. The average molecular weight is 516 g/mol. The Kier molecular flexibility index (Phi) is 7.09. The molecule has 5 rings (SSSR count). The number of fused-ring (bicyclic) bond motifs is 1. The normalized spacial score (nSPS) is 14.5. The quantitative estimate of drug-likeness (QED) is 0.306. The highest BCUT2D eigenvalue weighted by Gasteiger charge is 2.33. The number of carbonyl (C=O) groups is 1. The highest BCUT2D eigenvalue weighted by Crippen LogP contribution is 2.36. The van der Waals surface area contributed by atoms with Crippen LogP contribution in [0.3, 0.4) is 0 Å². The molecule has 3 aromatic carbocycles. The van der Waals surface area contributed by atoms with Crippen molar-refractivity contribution in [3.05, 3.63) is 107 Å². The zero-order valence-electron chi connectivity index (χ0n) is 20.4. The number of aromatic nitrogens is 3. The summed E-state index contributed by atoms with van der Waals surface area (Å²) in [4.78, 5) is 17.9. The first kappa shape index (κ1) is 24.4. The Hall–Kier alpha value is -4.30.